The van der Waals surface area contributed by atoms with Crippen LogP contribution in [-0.4, -0.2) is 45.5 Å². The molecule has 0 bridgehead atoms. The first kappa shape index (κ1) is 21.3. The number of rotatable bonds is 5. The number of carbonyl (C=O) groups excluding carboxylic acids is 1. The number of benzene rings is 1. The number of amides is 1. The first-order chi connectivity index (χ1) is 15.9. The number of aryl methyl sites for hydroxylation is 2. The lowest BCUT2D eigenvalue weighted by Crippen LogP contribution is -2.38. The average molecular weight is 449 g/mol. The Morgan fingerprint density at radius 3 is 2.91 bits per heavy atom. The van der Waals surface area contributed by atoms with E-state index in [1.54, 1.807) is 10.9 Å². The van der Waals surface area contributed by atoms with Crippen LogP contribution in [0.4, 0.5) is 11.4 Å². The zero-order valence-corrected chi connectivity index (χ0v) is 18.8. The molecule has 2 unspecified atom stereocenters. The van der Waals surface area contributed by atoms with Crippen LogP contribution in [0.1, 0.15) is 30.3 Å². The molecule has 1 aromatic carbocycles. The van der Waals surface area contributed by atoms with Gasteiger partial charge in [0.1, 0.15) is 12.0 Å². The summed E-state index contributed by atoms with van der Waals surface area (Å²) in [5, 5.41) is 15.3. The van der Waals surface area contributed by atoms with Gasteiger partial charge in [-0.15, -0.1) is 0 Å². The van der Waals surface area contributed by atoms with Crippen molar-refractivity contribution < 1.29 is 14.6 Å². The summed E-state index contributed by atoms with van der Waals surface area (Å²) in [7, 11) is 1.89. The minimum Gasteiger partial charge on any atom is -0.471 e. The molecule has 2 aliphatic heterocycles. The highest BCUT2D eigenvalue weighted by molar-refractivity contribution is 6.00. The van der Waals surface area contributed by atoms with Gasteiger partial charge in [-0.1, -0.05) is 0 Å². The summed E-state index contributed by atoms with van der Waals surface area (Å²) in [4.78, 5) is 20.9. The lowest BCUT2D eigenvalue weighted by atomic mass is 9.98. The van der Waals surface area contributed by atoms with Crippen molar-refractivity contribution in [2.45, 2.75) is 26.0 Å². The Morgan fingerprint density at radius 2 is 2.15 bits per heavy atom. The predicted octanol–water partition coefficient (Wildman–Crippen LogP) is 2.35. The van der Waals surface area contributed by atoms with Gasteiger partial charge in [0.25, 0.3) is 5.91 Å². The van der Waals surface area contributed by atoms with Crippen LogP contribution in [0.25, 0.3) is 10.9 Å². The van der Waals surface area contributed by atoms with E-state index < -0.39 is 12.1 Å². The average Bonchev–Trinajstić information content (AvgIpc) is 3.40. The van der Waals surface area contributed by atoms with Crippen LogP contribution in [0.3, 0.4) is 0 Å². The van der Waals surface area contributed by atoms with Gasteiger partial charge in [-0.05, 0) is 49.9 Å². The Labute approximate surface area is 192 Å². The summed E-state index contributed by atoms with van der Waals surface area (Å²) in [5.41, 5.74) is 10.4. The van der Waals surface area contributed by atoms with Gasteiger partial charge in [-0.2, -0.15) is 5.10 Å². The molecular weight excluding hydrogens is 420 g/mol. The molecule has 0 radical (unpaired) electrons. The van der Waals surface area contributed by atoms with Gasteiger partial charge in [0, 0.05) is 55.8 Å². The van der Waals surface area contributed by atoms with Crippen LogP contribution >= 0.6 is 0 Å². The third kappa shape index (κ3) is 3.89. The smallest absolute Gasteiger partial charge is 0.268 e. The Morgan fingerprint density at radius 1 is 1.30 bits per heavy atom. The third-order valence-electron chi connectivity index (χ3n) is 6.35. The molecule has 9 nitrogen and oxygen atoms in total. The van der Waals surface area contributed by atoms with Crippen LogP contribution in [0.5, 0.6) is 0 Å². The molecule has 1 fully saturated rings. The molecule has 2 aromatic heterocycles. The number of primary amides is 1. The topological polar surface area (TPSA) is 110 Å². The summed E-state index contributed by atoms with van der Waals surface area (Å²) in [6.45, 7) is 3.65. The number of carbonyl (C=O) groups is 1. The van der Waals surface area contributed by atoms with Crippen molar-refractivity contribution in [2.75, 3.05) is 29.5 Å². The summed E-state index contributed by atoms with van der Waals surface area (Å²) in [6.07, 6.45) is 6.54. The van der Waals surface area contributed by atoms with E-state index in [2.05, 4.69) is 21.0 Å². The van der Waals surface area contributed by atoms with Gasteiger partial charge in [0.15, 0.2) is 0 Å². The van der Waals surface area contributed by atoms with E-state index in [0.717, 1.165) is 59.5 Å². The van der Waals surface area contributed by atoms with Crippen molar-refractivity contribution in [3.63, 3.8) is 0 Å². The molecule has 3 aromatic rings. The molecule has 0 spiro atoms. The summed E-state index contributed by atoms with van der Waals surface area (Å²) < 4.78 is 7.77. The van der Waals surface area contributed by atoms with Gasteiger partial charge in [0.2, 0.25) is 6.23 Å². The third-order valence-corrected chi connectivity index (χ3v) is 6.35. The van der Waals surface area contributed by atoms with E-state index in [4.69, 9.17) is 10.5 Å². The normalized spacial score (nSPS) is 20.8. The van der Waals surface area contributed by atoms with E-state index in [0.29, 0.717) is 0 Å². The molecular formula is C24H28N6O3. The fourth-order valence-electron chi connectivity index (χ4n) is 4.81. The zero-order chi connectivity index (χ0) is 23.1. The molecule has 1 amide bonds. The Hall–Kier alpha value is -3.59. The number of anilines is 2. The highest BCUT2D eigenvalue weighted by Gasteiger charge is 2.36. The molecule has 3 N–H and O–H groups in total. The fraction of sp³-hybridized carbons (Fsp3) is 0.375. The molecule has 172 valence electrons. The first-order valence-corrected chi connectivity index (χ1v) is 11.1. The molecule has 5 rings (SSSR count). The molecule has 1 saturated heterocycles. The lowest BCUT2D eigenvalue weighted by Gasteiger charge is -2.37. The van der Waals surface area contributed by atoms with E-state index in [1.165, 1.54) is 6.26 Å². The number of hydrogen-bond donors (Lipinski definition) is 2. The van der Waals surface area contributed by atoms with E-state index in [9.17, 15) is 9.90 Å². The number of nitrogens with two attached hydrogens (primary N) is 1. The molecule has 2 atom stereocenters. The molecule has 9 heteroatoms. The second-order valence-corrected chi connectivity index (χ2v) is 8.80. The Kier molecular flexibility index (Phi) is 5.41. The number of hydrogen-bond acceptors (Lipinski definition) is 7. The van der Waals surface area contributed by atoms with Crippen LogP contribution < -0.4 is 15.5 Å². The number of aliphatic hydroxyl groups is 1. The minimum absolute atomic E-state index is 0.149. The monoisotopic (exact) mass is 448 g/mol. The second kappa shape index (κ2) is 8.40. The number of fused-ring (bicyclic) bond motifs is 1. The van der Waals surface area contributed by atoms with Crippen molar-refractivity contribution in [2.24, 2.45) is 18.7 Å². The number of aromatic nitrogens is 3. The van der Waals surface area contributed by atoms with Crippen LogP contribution in [0, 0.1) is 12.8 Å². The fourth-order valence-corrected chi connectivity index (χ4v) is 4.81. The summed E-state index contributed by atoms with van der Waals surface area (Å²) in [5.74, 6) is -0.363. The van der Waals surface area contributed by atoms with Gasteiger partial charge in [-0.3, -0.25) is 19.4 Å². The van der Waals surface area contributed by atoms with E-state index in [-0.39, 0.29) is 18.2 Å². The number of aliphatic hydroxyl groups excluding tert-OH is 1. The number of ether oxygens (including phenoxy) is 1. The number of piperidine rings is 1. The largest absolute Gasteiger partial charge is 0.471 e. The van der Waals surface area contributed by atoms with Gasteiger partial charge in [-0.25, -0.2) is 0 Å². The van der Waals surface area contributed by atoms with Gasteiger partial charge < -0.3 is 20.5 Å². The molecule has 0 saturated carbocycles. The summed E-state index contributed by atoms with van der Waals surface area (Å²) in [6, 6.07) is 7.91. The second-order valence-electron chi connectivity index (χ2n) is 8.80. The van der Waals surface area contributed by atoms with Gasteiger partial charge in [0.05, 0.1) is 16.9 Å². The van der Waals surface area contributed by atoms with Crippen molar-refractivity contribution in [3.8, 4) is 0 Å². The Balaban J connectivity index is 1.68. The maximum atomic E-state index is 12.4. The molecule has 2 aliphatic rings. The van der Waals surface area contributed by atoms with Crippen molar-refractivity contribution in [1.82, 2.24) is 14.8 Å². The maximum Gasteiger partial charge on any atom is 0.268 e. The molecule has 0 aliphatic carbocycles. The highest BCUT2D eigenvalue weighted by Crippen LogP contribution is 2.44. The first-order valence-electron chi connectivity index (χ1n) is 11.1. The summed E-state index contributed by atoms with van der Waals surface area (Å²) >= 11 is 0. The number of nitrogens with zero attached hydrogens (tertiary/aromatic N) is 5. The SMILES string of the molecule is Cc1cc(C2OC=C(C(N)=O)N2c2cc3cn(C)nc3cc2N2CCCC(CO)C2)ccn1. The number of pyridine rings is 1. The highest BCUT2D eigenvalue weighted by atomic mass is 16.5. The lowest BCUT2D eigenvalue weighted by molar-refractivity contribution is -0.114. The molecule has 33 heavy (non-hydrogen) atoms. The van der Waals surface area contributed by atoms with E-state index in [1.807, 2.05) is 43.3 Å². The quantitative estimate of drug-likeness (QED) is 0.617. The van der Waals surface area contributed by atoms with Crippen LogP contribution in [0.2, 0.25) is 0 Å². The maximum absolute atomic E-state index is 12.4. The molecule has 4 heterocycles. The predicted molar refractivity (Wildman–Crippen MR) is 125 cm³/mol. The Bertz CT molecular complexity index is 1240. The zero-order valence-electron chi connectivity index (χ0n) is 18.8. The van der Waals surface area contributed by atoms with E-state index >= 15 is 0 Å². The van der Waals surface area contributed by atoms with Crippen LogP contribution in [-0.2, 0) is 16.6 Å². The minimum atomic E-state index is -0.563. The van der Waals surface area contributed by atoms with Crippen molar-refractivity contribution in [3.05, 3.63) is 59.9 Å². The van der Waals surface area contributed by atoms with Crippen molar-refractivity contribution in [1.29, 1.82) is 0 Å². The standard InChI is InChI=1S/C24H28N6O3/c1-15-8-17(5-6-26-15)24-30(22(14-33-24)23(25)32)21-9-18-12-28(2)27-19(18)10-20(21)29-7-3-4-16(11-29)13-31/h5-6,8-10,12,14,16,24,31H,3-4,7,11,13H2,1-2H3,(H2,25,32). The van der Waals surface area contributed by atoms with Crippen molar-refractivity contribution >= 4 is 28.2 Å². The van der Waals surface area contributed by atoms with Gasteiger partial charge >= 0.3 is 0 Å². The van der Waals surface area contributed by atoms with Crippen LogP contribution in [0.15, 0.2) is 48.6 Å².